The van der Waals surface area contributed by atoms with E-state index >= 15 is 0 Å². The molecule has 0 bridgehead atoms. The minimum atomic E-state index is -0.0996. The highest BCUT2D eigenvalue weighted by Crippen LogP contribution is 2.25. The van der Waals surface area contributed by atoms with Gasteiger partial charge in [0.15, 0.2) is 0 Å². The minimum Gasteiger partial charge on any atom is -0.368 e. The Kier molecular flexibility index (Phi) is 6.28. The lowest BCUT2D eigenvalue weighted by Crippen LogP contribution is -2.51. The first-order valence-electron chi connectivity index (χ1n) is 10.6. The monoisotopic (exact) mass is 438 g/mol. The van der Waals surface area contributed by atoms with Gasteiger partial charge in [-0.05, 0) is 37.1 Å². The summed E-state index contributed by atoms with van der Waals surface area (Å²) in [7, 11) is 0. The quantitative estimate of drug-likeness (QED) is 0.732. The van der Waals surface area contributed by atoms with Crippen molar-refractivity contribution in [2.24, 2.45) is 5.10 Å². The zero-order valence-electron chi connectivity index (χ0n) is 18.0. The van der Waals surface area contributed by atoms with Crippen molar-refractivity contribution >= 4 is 34.8 Å². The smallest absolute Gasteiger partial charge is 0.244 e. The SMILES string of the molecule is Cc1ccc(C2=NN(CC(=O)N3CCN(c4cc(Cl)ccc4C)CC3)C(=O)CC2)cc1. The molecule has 0 atom stereocenters. The lowest BCUT2D eigenvalue weighted by Gasteiger charge is -2.37. The van der Waals surface area contributed by atoms with Gasteiger partial charge in [-0.1, -0.05) is 47.5 Å². The van der Waals surface area contributed by atoms with Crippen LogP contribution in [0.1, 0.15) is 29.5 Å². The largest absolute Gasteiger partial charge is 0.368 e. The third kappa shape index (κ3) is 4.90. The van der Waals surface area contributed by atoms with Crippen molar-refractivity contribution in [2.45, 2.75) is 26.7 Å². The number of amides is 2. The first kappa shape index (κ1) is 21.4. The molecule has 0 aromatic heterocycles. The molecule has 2 aliphatic heterocycles. The molecule has 31 heavy (non-hydrogen) atoms. The van der Waals surface area contributed by atoms with Crippen molar-refractivity contribution in [1.82, 2.24) is 9.91 Å². The van der Waals surface area contributed by atoms with E-state index in [2.05, 4.69) is 16.9 Å². The van der Waals surface area contributed by atoms with E-state index in [0.717, 1.165) is 30.1 Å². The Labute approximate surface area is 188 Å². The minimum absolute atomic E-state index is 0.00954. The van der Waals surface area contributed by atoms with Crippen molar-refractivity contribution in [2.75, 3.05) is 37.6 Å². The molecular weight excluding hydrogens is 412 g/mol. The molecule has 0 saturated carbocycles. The molecule has 6 nitrogen and oxygen atoms in total. The van der Waals surface area contributed by atoms with Gasteiger partial charge in [-0.3, -0.25) is 9.59 Å². The fourth-order valence-electron chi connectivity index (χ4n) is 4.03. The fourth-order valence-corrected chi connectivity index (χ4v) is 4.19. The maximum atomic E-state index is 12.9. The summed E-state index contributed by atoms with van der Waals surface area (Å²) >= 11 is 6.16. The number of piperazine rings is 1. The van der Waals surface area contributed by atoms with Crippen molar-refractivity contribution in [1.29, 1.82) is 0 Å². The van der Waals surface area contributed by atoms with Gasteiger partial charge < -0.3 is 9.80 Å². The molecule has 0 N–H and O–H groups in total. The maximum absolute atomic E-state index is 12.9. The molecule has 2 aromatic carbocycles. The van der Waals surface area contributed by atoms with E-state index in [1.807, 2.05) is 54.3 Å². The molecule has 2 amide bonds. The third-order valence-corrected chi connectivity index (χ3v) is 6.15. The molecule has 162 valence electrons. The molecule has 0 unspecified atom stereocenters. The van der Waals surface area contributed by atoms with Gasteiger partial charge in [0.05, 0.1) is 5.71 Å². The third-order valence-electron chi connectivity index (χ3n) is 5.92. The number of halogens is 1. The number of nitrogens with zero attached hydrogens (tertiary/aromatic N) is 4. The van der Waals surface area contributed by atoms with Crippen LogP contribution in [0.25, 0.3) is 0 Å². The summed E-state index contributed by atoms with van der Waals surface area (Å²) < 4.78 is 0. The Morgan fingerprint density at radius 3 is 2.42 bits per heavy atom. The molecule has 2 aromatic rings. The summed E-state index contributed by atoms with van der Waals surface area (Å²) in [5, 5.41) is 6.56. The van der Waals surface area contributed by atoms with Gasteiger partial charge in [0.1, 0.15) is 6.54 Å². The van der Waals surface area contributed by atoms with Crippen molar-refractivity contribution in [3.63, 3.8) is 0 Å². The van der Waals surface area contributed by atoms with Gasteiger partial charge in [0.2, 0.25) is 11.8 Å². The first-order chi connectivity index (χ1) is 14.9. The van der Waals surface area contributed by atoms with E-state index in [1.54, 1.807) is 0 Å². The molecule has 7 heteroatoms. The molecule has 0 spiro atoms. The van der Waals surface area contributed by atoms with Crippen molar-refractivity contribution in [3.05, 3.63) is 64.2 Å². The topological polar surface area (TPSA) is 56.2 Å². The van der Waals surface area contributed by atoms with Crippen molar-refractivity contribution < 1.29 is 9.59 Å². The molecule has 1 fully saturated rings. The Morgan fingerprint density at radius 1 is 1.00 bits per heavy atom. The van der Waals surface area contributed by atoms with Crippen LogP contribution in [-0.2, 0) is 9.59 Å². The highest BCUT2D eigenvalue weighted by molar-refractivity contribution is 6.30. The highest BCUT2D eigenvalue weighted by atomic mass is 35.5. The number of hydrazone groups is 1. The van der Waals surface area contributed by atoms with Gasteiger partial charge in [0.25, 0.3) is 0 Å². The van der Waals surface area contributed by atoms with E-state index in [-0.39, 0.29) is 18.4 Å². The Hall–Kier alpha value is -2.86. The Bertz CT molecular complexity index is 1010. The summed E-state index contributed by atoms with van der Waals surface area (Å²) in [4.78, 5) is 29.3. The second kappa shape index (κ2) is 9.10. The molecule has 2 heterocycles. The van der Waals surface area contributed by atoms with Crippen LogP contribution in [0, 0.1) is 13.8 Å². The van der Waals surface area contributed by atoms with E-state index in [1.165, 1.54) is 16.1 Å². The summed E-state index contributed by atoms with van der Waals surface area (Å²) in [5.41, 5.74) is 5.31. The van der Waals surface area contributed by atoms with E-state index in [0.29, 0.717) is 31.0 Å². The van der Waals surface area contributed by atoms with Crippen LogP contribution in [0.15, 0.2) is 47.6 Å². The van der Waals surface area contributed by atoms with Crippen LogP contribution in [-0.4, -0.2) is 60.2 Å². The van der Waals surface area contributed by atoms with Gasteiger partial charge >= 0.3 is 0 Å². The first-order valence-corrected chi connectivity index (χ1v) is 11.0. The van der Waals surface area contributed by atoms with Gasteiger partial charge in [-0.2, -0.15) is 5.10 Å². The van der Waals surface area contributed by atoms with E-state index in [4.69, 9.17) is 11.6 Å². The van der Waals surface area contributed by atoms with E-state index in [9.17, 15) is 9.59 Å². The van der Waals surface area contributed by atoms with Crippen LogP contribution in [0.4, 0.5) is 5.69 Å². The molecule has 1 saturated heterocycles. The van der Waals surface area contributed by atoms with Gasteiger partial charge in [-0.15, -0.1) is 0 Å². The number of rotatable bonds is 4. The van der Waals surface area contributed by atoms with Gasteiger partial charge in [0, 0.05) is 49.7 Å². The zero-order valence-corrected chi connectivity index (χ0v) is 18.7. The zero-order chi connectivity index (χ0) is 22.0. The molecular formula is C24H27ClN4O2. The number of hydrogen-bond acceptors (Lipinski definition) is 4. The van der Waals surface area contributed by atoms with Crippen LogP contribution in [0.5, 0.6) is 0 Å². The number of hydrogen-bond donors (Lipinski definition) is 0. The number of aryl methyl sites for hydroxylation is 2. The molecule has 4 rings (SSSR count). The van der Waals surface area contributed by atoms with Crippen LogP contribution in [0.3, 0.4) is 0 Å². The standard InChI is InChI=1S/C24H27ClN4O2/c1-17-3-6-19(7-4-17)21-9-10-23(30)29(26-21)16-24(31)28-13-11-27(12-14-28)22-15-20(25)8-5-18(22)2/h3-8,15H,9-14,16H2,1-2H3. The number of carbonyl (C=O) groups excluding carboxylic acids is 2. The fraction of sp³-hybridized carbons (Fsp3) is 0.375. The number of benzene rings is 2. The number of anilines is 1. The Balaban J connectivity index is 1.39. The molecule has 0 aliphatic carbocycles. The Morgan fingerprint density at radius 2 is 1.71 bits per heavy atom. The summed E-state index contributed by atoms with van der Waals surface area (Å²) in [6.45, 7) is 6.79. The van der Waals surface area contributed by atoms with Crippen LogP contribution >= 0.6 is 11.6 Å². The normalized spacial score (nSPS) is 17.1. The average molecular weight is 439 g/mol. The predicted octanol–water partition coefficient (Wildman–Crippen LogP) is 3.63. The predicted molar refractivity (Wildman–Crippen MR) is 124 cm³/mol. The average Bonchev–Trinajstić information content (AvgIpc) is 2.77. The second-order valence-electron chi connectivity index (χ2n) is 8.16. The second-order valence-corrected chi connectivity index (χ2v) is 8.60. The molecule has 0 radical (unpaired) electrons. The van der Waals surface area contributed by atoms with Crippen LogP contribution in [0.2, 0.25) is 5.02 Å². The summed E-state index contributed by atoms with van der Waals surface area (Å²) in [5.74, 6) is -0.165. The van der Waals surface area contributed by atoms with Crippen LogP contribution < -0.4 is 4.90 Å². The summed E-state index contributed by atoms with van der Waals surface area (Å²) in [6.07, 6.45) is 0.978. The lowest BCUT2D eigenvalue weighted by atomic mass is 10.0. The highest BCUT2D eigenvalue weighted by Gasteiger charge is 2.27. The number of carbonyl (C=O) groups is 2. The van der Waals surface area contributed by atoms with Crippen molar-refractivity contribution in [3.8, 4) is 0 Å². The molecule has 2 aliphatic rings. The maximum Gasteiger partial charge on any atom is 0.244 e. The lowest BCUT2D eigenvalue weighted by molar-refractivity contribution is -0.141. The van der Waals surface area contributed by atoms with Gasteiger partial charge in [-0.25, -0.2) is 5.01 Å². The summed E-state index contributed by atoms with van der Waals surface area (Å²) in [6, 6.07) is 14.0. The van der Waals surface area contributed by atoms with E-state index < -0.39 is 0 Å².